The van der Waals surface area contributed by atoms with Crippen LogP contribution in [-0.4, -0.2) is 29.9 Å². The number of rotatable bonds is 2. The molecule has 4 heteroatoms. The highest BCUT2D eigenvalue weighted by Gasteiger charge is 2.27. The van der Waals surface area contributed by atoms with E-state index in [9.17, 15) is 4.79 Å². The van der Waals surface area contributed by atoms with Crippen molar-refractivity contribution in [2.24, 2.45) is 0 Å². The first kappa shape index (κ1) is 13.3. The lowest BCUT2D eigenvalue weighted by molar-refractivity contribution is -0.135. The number of carboxylic acid groups (broad SMARTS) is 1. The van der Waals surface area contributed by atoms with Crippen molar-refractivity contribution in [2.45, 2.75) is 31.1 Å². The Balaban J connectivity index is 2.49. The summed E-state index contributed by atoms with van der Waals surface area (Å²) < 4.78 is 0. The second-order valence-electron chi connectivity index (χ2n) is 5.57. The molecule has 1 aromatic rings. The molecule has 0 atom stereocenters. The maximum Gasteiger partial charge on any atom is 0.323 e. The lowest BCUT2D eigenvalue weighted by atomic mass is 9.85. The minimum Gasteiger partial charge on any atom is -0.480 e. The van der Waals surface area contributed by atoms with Gasteiger partial charge in [-0.1, -0.05) is 32.9 Å². The quantitative estimate of drug-likeness (QED) is 0.892. The number of benzene rings is 1. The van der Waals surface area contributed by atoms with Gasteiger partial charge in [-0.25, -0.2) is 0 Å². The van der Waals surface area contributed by atoms with Crippen LogP contribution in [0.3, 0.4) is 0 Å². The predicted molar refractivity (Wildman–Crippen MR) is 75.7 cm³/mol. The zero-order chi connectivity index (χ0) is 13.3. The molecular weight excluding hydrogens is 246 g/mol. The van der Waals surface area contributed by atoms with Gasteiger partial charge >= 0.3 is 5.97 Å². The van der Waals surface area contributed by atoms with Crippen LogP contribution in [0.5, 0.6) is 0 Å². The molecule has 1 aliphatic rings. The maximum absolute atomic E-state index is 11.0. The number of hydrogen-bond donors (Lipinski definition) is 1. The van der Waals surface area contributed by atoms with Gasteiger partial charge in [0, 0.05) is 17.2 Å². The number of carbonyl (C=O) groups is 1. The van der Waals surface area contributed by atoms with Crippen molar-refractivity contribution in [3.8, 4) is 0 Å². The summed E-state index contributed by atoms with van der Waals surface area (Å²) >= 11 is 1.82. The molecule has 18 heavy (non-hydrogen) atoms. The average Bonchev–Trinajstić information content (AvgIpc) is 2.26. The van der Waals surface area contributed by atoms with E-state index in [1.165, 1.54) is 10.5 Å². The number of anilines is 1. The van der Waals surface area contributed by atoms with E-state index < -0.39 is 5.97 Å². The van der Waals surface area contributed by atoms with Crippen LogP contribution in [0.2, 0.25) is 0 Å². The fourth-order valence-corrected chi connectivity index (χ4v) is 3.35. The molecule has 0 radical (unpaired) electrons. The number of fused-ring (bicyclic) bond motifs is 1. The first-order chi connectivity index (χ1) is 8.39. The Morgan fingerprint density at radius 1 is 1.44 bits per heavy atom. The Kier molecular flexibility index (Phi) is 3.57. The third kappa shape index (κ3) is 2.64. The van der Waals surface area contributed by atoms with Gasteiger partial charge < -0.3 is 10.0 Å². The topological polar surface area (TPSA) is 40.5 Å². The van der Waals surface area contributed by atoms with Gasteiger partial charge in [0.25, 0.3) is 0 Å². The van der Waals surface area contributed by atoms with Crippen molar-refractivity contribution >= 4 is 23.4 Å². The van der Waals surface area contributed by atoms with Crippen molar-refractivity contribution in [1.82, 2.24) is 0 Å². The van der Waals surface area contributed by atoms with Gasteiger partial charge in [0.1, 0.15) is 6.54 Å². The molecule has 0 aliphatic carbocycles. The van der Waals surface area contributed by atoms with E-state index in [0.717, 1.165) is 18.0 Å². The maximum atomic E-state index is 11.0. The van der Waals surface area contributed by atoms with Crippen LogP contribution >= 0.6 is 11.8 Å². The molecule has 1 aliphatic heterocycles. The number of para-hydroxylation sites is 1. The molecule has 0 bridgehead atoms. The van der Waals surface area contributed by atoms with Crippen LogP contribution in [0.1, 0.15) is 26.3 Å². The summed E-state index contributed by atoms with van der Waals surface area (Å²) in [5.41, 5.74) is 2.37. The molecule has 2 rings (SSSR count). The first-order valence-electron chi connectivity index (χ1n) is 6.12. The van der Waals surface area contributed by atoms with Gasteiger partial charge in [-0.15, -0.1) is 11.8 Å². The number of thioether (sulfide) groups is 1. The van der Waals surface area contributed by atoms with Gasteiger partial charge in [-0.05, 0) is 17.0 Å². The highest BCUT2D eigenvalue weighted by Crippen LogP contribution is 2.41. The molecule has 1 aromatic carbocycles. The fourth-order valence-electron chi connectivity index (χ4n) is 2.27. The van der Waals surface area contributed by atoms with Gasteiger partial charge in [0.05, 0.1) is 5.69 Å². The predicted octanol–water partition coefficient (Wildman–Crippen LogP) is 2.98. The molecule has 0 saturated heterocycles. The molecule has 3 nitrogen and oxygen atoms in total. The van der Waals surface area contributed by atoms with E-state index in [2.05, 4.69) is 39.0 Å². The van der Waals surface area contributed by atoms with E-state index in [1.54, 1.807) is 0 Å². The number of hydrogen-bond acceptors (Lipinski definition) is 3. The van der Waals surface area contributed by atoms with Crippen molar-refractivity contribution in [1.29, 1.82) is 0 Å². The fraction of sp³-hybridized carbons (Fsp3) is 0.500. The summed E-state index contributed by atoms with van der Waals surface area (Å²) in [4.78, 5) is 14.2. The minimum absolute atomic E-state index is 0.0278. The monoisotopic (exact) mass is 265 g/mol. The Morgan fingerprint density at radius 2 is 2.17 bits per heavy atom. The molecule has 0 aromatic heterocycles. The summed E-state index contributed by atoms with van der Waals surface area (Å²) in [6.45, 7) is 7.39. The van der Waals surface area contributed by atoms with E-state index >= 15 is 0 Å². The molecule has 0 unspecified atom stereocenters. The van der Waals surface area contributed by atoms with Gasteiger partial charge in [-0.3, -0.25) is 4.79 Å². The minimum atomic E-state index is -0.767. The third-order valence-electron chi connectivity index (χ3n) is 3.07. The summed E-state index contributed by atoms with van der Waals surface area (Å²) in [6, 6.07) is 6.26. The Bertz CT molecular complexity index is 465. The van der Waals surface area contributed by atoms with Crippen molar-refractivity contribution < 1.29 is 9.90 Å². The lowest BCUT2D eigenvalue weighted by Crippen LogP contribution is -2.36. The Morgan fingerprint density at radius 3 is 2.78 bits per heavy atom. The van der Waals surface area contributed by atoms with E-state index in [0.29, 0.717) is 0 Å². The first-order valence-corrected chi connectivity index (χ1v) is 7.11. The van der Waals surface area contributed by atoms with Gasteiger partial charge in [-0.2, -0.15) is 0 Å². The second-order valence-corrected chi connectivity index (χ2v) is 6.70. The van der Waals surface area contributed by atoms with Gasteiger partial charge in [0.2, 0.25) is 0 Å². The van der Waals surface area contributed by atoms with Gasteiger partial charge in [0.15, 0.2) is 0 Å². The summed E-state index contributed by atoms with van der Waals surface area (Å²) in [6.07, 6.45) is 0. The molecule has 0 fully saturated rings. The van der Waals surface area contributed by atoms with E-state index in [1.807, 2.05) is 16.7 Å². The number of carboxylic acids is 1. The van der Waals surface area contributed by atoms with Crippen molar-refractivity contribution in [3.05, 3.63) is 23.8 Å². The summed E-state index contributed by atoms with van der Waals surface area (Å²) in [5.74, 6) is 0.185. The molecular formula is C14H19NO2S. The Hall–Kier alpha value is -1.16. The molecule has 0 spiro atoms. The standard InChI is InChI=1S/C14H19NO2S/c1-14(2,3)10-5-4-6-11-13(10)15(7-8-18-11)9-12(16)17/h4-6H,7-9H2,1-3H3,(H,16,17). The smallest absolute Gasteiger partial charge is 0.323 e. The number of nitrogens with zero attached hydrogens (tertiary/aromatic N) is 1. The van der Waals surface area contributed by atoms with E-state index in [-0.39, 0.29) is 12.0 Å². The zero-order valence-corrected chi connectivity index (χ0v) is 11.9. The lowest BCUT2D eigenvalue weighted by Gasteiger charge is -2.35. The Labute approximate surface area is 112 Å². The molecule has 1 N–H and O–H groups in total. The van der Waals surface area contributed by atoms with Crippen molar-refractivity contribution in [3.63, 3.8) is 0 Å². The van der Waals surface area contributed by atoms with Crippen LogP contribution in [0.25, 0.3) is 0 Å². The van der Waals surface area contributed by atoms with E-state index in [4.69, 9.17) is 5.11 Å². The van der Waals surface area contributed by atoms with Crippen LogP contribution < -0.4 is 4.90 Å². The second kappa shape index (κ2) is 4.84. The molecule has 0 amide bonds. The molecule has 1 heterocycles. The highest BCUT2D eigenvalue weighted by atomic mass is 32.2. The summed E-state index contributed by atoms with van der Waals surface area (Å²) in [7, 11) is 0. The van der Waals surface area contributed by atoms with Crippen LogP contribution in [0.15, 0.2) is 23.1 Å². The zero-order valence-electron chi connectivity index (χ0n) is 11.1. The molecule has 98 valence electrons. The SMILES string of the molecule is CC(C)(C)c1cccc2c1N(CC(=O)O)CCS2. The highest BCUT2D eigenvalue weighted by molar-refractivity contribution is 7.99. The largest absolute Gasteiger partial charge is 0.480 e. The van der Waals surface area contributed by atoms with Crippen LogP contribution in [-0.2, 0) is 10.2 Å². The van der Waals surface area contributed by atoms with Crippen LogP contribution in [0.4, 0.5) is 5.69 Å². The molecule has 0 saturated carbocycles. The third-order valence-corrected chi connectivity index (χ3v) is 4.10. The van der Waals surface area contributed by atoms with Crippen LogP contribution in [0, 0.1) is 0 Å². The normalized spacial score (nSPS) is 15.4. The average molecular weight is 265 g/mol. The number of aliphatic carboxylic acids is 1. The summed E-state index contributed by atoms with van der Waals surface area (Å²) in [5, 5.41) is 9.04. The van der Waals surface area contributed by atoms with Crippen molar-refractivity contribution in [2.75, 3.05) is 23.7 Å².